The summed E-state index contributed by atoms with van der Waals surface area (Å²) in [6.07, 6.45) is 2.48. The maximum atomic E-state index is 10.1. The Balaban J connectivity index is 2.39. The SMILES string of the molecule is O=CCC1(O)CCNCC1. The van der Waals surface area contributed by atoms with Gasteiger partial charge in [-0.1, -0.05) is 0 Å². The van der Waals surface area contributed by atoms with Crippen molar-refractivity contribution >= 4 is 6.29 Å². The number of piperidine rings is 1. The molecular formula is C7H13NO2. The van der Waals surface area contributed by atoms with Crippen LogP contribution in [0.15, 0.2) is 0 Å². The van der Waals surface area contributed by atoms with Crippen molar-refractivity contribution in [2.45, 2.75) is 24.9 Å². The van der Waals surface area contributed by atoms with Crippen molar-refractivity contribution in [3.05, 3.63) is 0 Å². The van der Waals surface area contributed by atoms with Gasteiger partial charge in [-0.05, 0) is 25.9 Å². The number of hydrogen-bond donors (Lipinski definition) is 2. The molecule has 3 heteroatoms. The Morgan fingerprint density at radius 1 is 1.50 bits per heavy atom. The fraction of sp³-hybridized carbons (Fsp3) is 0.857. The molecule has 1 aliphatic rings. The van der Waals surface area contributed by atoms with Crippen molar-refractivity contribution in [3.8, 4) is 0 Å². The predicted molar refractivity (Wildman–Crippen MR) is 37.7 cm³/mol. The normalized spacial score (nSPS) is 24.1. The van der Waals surface area contributed by atoms with Crippen molar-refractivity contribution in [2.24, 2.45) is 0 Å². The highest BCUT2D eigenvalue weighted by Gasteiger charge is 2.27. The summed E-state index contributed by atoms with van der Waals surface area (Å²) in [5.41, 5.74) is -0.701. The lowest BCUT2D eigenvalue weighted by Crippen LogP contribution is -2.41. The summed E-state index contributed by atoms with van der Waals surface area (Å²) in [7, 11) is 0. The Hall–Kier alpha value is -0.410. The van der Waals surface area contributed by atoms with Gasteiger partial charge in [-0.3, -0.25) is 0 Å². The third-order valence-corrected chi connectivity index (χ3v) is 2.00. The van der Waals surface area contributed by atoms with Crippen LogP contribution < -0.4 is 5.32 Å². The Kier molecular flexibility index (Phi) is 2.40. The van der Waals surface area contributed by atoms with Crippen LogP contribution in [0.4, 0.5) is 0 Å². The molecule has 3 nitrogen and oxygen atoms in total. The summed E-state index contributed by atoms with van der Waals surface area (Å²) in [6, 6.07) is 0. The van der Waals surface area contributed by atoms with Gasteiger partial charge in [0.2, 0.25) is 0 Å². The molecule has 0 aromatic rings. The molecule has 0 spiro atoms. The Labute approximate surface area is 60.4 Å². The lowest BCUT2D eigenvalue weighted by molar-refractivity contribution is -0.113. The van der Waals surface area contributed by atoms with Gasteiger partial charge in [-0.25, -0.2) is 0 Å². The molecule has 1 aliphatic heterocycles. The number of rotatable bonds is 2. The molecule has 1 fully saturated rings. The maximum absolute atomic E-state index is 10.1. The van der Waals surface area contributed by atoms with E-state index in [2.05, 4.69) is 5.32 Å². The quantitative estimate of drug-likeness (QED) is 0.521. The Morgan fingerprint density at radius 3 is 2.60 bits per heavy atom. The number of carbonyl (C=O) groups is 1. The summed E-state index contributed by atoms with van der Waals surface area (Å²) < 4.78 is 0. The molecule has 58 valence electrons. The minimum absolute atomic E-state index is 0.286. The lowest BCUT2D eigenvalue weighted by atomic mass is 9.90. The first-order chi connectivity index (χ1) is 4.77. The van der Waals surface area contributed by atoms with E-state index in [9.17, 15) is 9.90 Å². The fourth-order valence-corrected chi connectivity index (χ4v) is 1.25. The summed E-state index contributed by atoms with van der Waals surface area (Å²) in [6.45, 7) is 1.65. The molecule has 0 aromatic heterocycles. The summed E-state index contributed by atoms with van der Waals surface area (Å²) in [5, 5.41) is 12.7. The van der Waals surface area contributed by atoms with E-state index in [-0.39, 0.29) is 6.42 Å². The van der Waals surface area contributed by atoms with Crippen LogP contribution >= 0.6 is 0 Å². The highest BCUT2D eigenvalue weighted by Crippen LogP contribution is 2.20. The number of aldehydes is 1. The molecule has 0 aromatic carbocycles. The maximum Gasteiger partial charge on any atom is 0.122 e. The van der Waals surface area contributed by atoms with Crippen LogP contribution in [-0.4, -0.2) is 30.1 Å². The highest BCUT2D eigenvalue weighted by atomic mass is 16.3. The molecule has 10 heavy (non-hydrogen) atoms. The first-order valence-electron chi connectivity index (χ1n) is 3.64. The van der Waals surface area contributed by atoms with E-state index in [1.807, 2.05) is 0 Å². The van der Waals surface area contributed by atoms with Crippen molar-refractivity contribution < 1.29 is 9.90 Å². The smallest absolute Gasteiger partial charge is 0.122 e. The average Bonchev–Trinajstić information content (AvgIpc) is 1.89. The molecule has 0 amide bonds. The molecule has 0 atom stereocenters. The van der Waals surface area contributed by atoms with E-state index in [0.717, 1.165) is 19.4 Å². The van der Waals surface area contributed by atoms with Crippen LogP contribution in [0.3, 0.4) is 0 Å². The van der Waals surface area contributed by atoms with Gasteiger partial charge in [0, 0.05) is 6.42 Å². The van der Waals surface area contributed by atoms with E-state index in [0.29, 0.717) is 12.8 Å². The number of nitrogens with one attached hydrogen (secondary N) is 1. The monoisotopic (exact) mass is 143 g/mol. The number of aliphatic hydroxyl groups is 1. The molecule has 1 saturated heterocycles. The van der Waals surface area contributed by atoms with E-state index in [1.54, 1.807) is 0 Å². The second-order valence-electron chi connectivity index (χ2n) is 2.85. The topological polar surface area (TPSA) is 49.3 Å². The minimum Gasteiger partial charge on any atom is -0.389 e. The van der Waals surface area contributed by atoms with E-state index in [4.69, 9.17) is 0 Å². The van der Waals surface area contributed by atoms with Gasteiger partial charge in [0.15, 0.2) is 0 Å². The predicted octanol–water partition coefficient (Wildman–Crippen LogP) is -0.310. The van der Waals surface area contributed by atoms with Crippen molar-refractivity contribution in [1.29, 1.82) is 0 Å². The summed E-state index contributed by atoms with van der Waals surface area (Å²) in [4.78, 5) is 10.1. The van der Waals surface area contributed by atoms with Crippen LogP contribution in [0.5, 0.6) is 0 Å². The van der Waals surface area contributed by atoms with Gasteiger partial charge in [0.1, 0.15) is 6.29 Å². The van der Waals surface area contributed by atoms with Crippen LogP contribution in [0.1, 0.15) is 19.3 Å². The van der Waals surface area contributed by atoms with Crippen LogP contribution in [0.2, 0.25) is 0 Å². The zero-order chi connectivity index (χ0) is 7.45. The van der Waals surface area contributed by atoms with Gasteiger partial charge in [0.05, 0.1) is 5.60 Å². The van der Waals surface area contributed by atoms with E-state index in [1.165, 1.54) is 0 Å². The van der Waals surface area contributed by atoms with E-state index >= 15 is 0 Å². The zero-order valence-corrected chi connectivity index (χ0v) is 5.97. The summed E-state index contributed by atoms with van der Waals surface area (Å²) >= 11 is 0. The highest BCUT2D eigenvalue weighted by molar-refractivity contribution is 5.51. The van der Waals surface area contributed by atoms with Crippen molar-refractivity contribution in [2.75, 3.05) is 13.1 Å². The van der Waals surface area contributed by atoms with Gasteiger partial charge >= 0.3 is 0 Å². The van der Waals surface area contributed by atoms with Crippen LogP contribution in [0, 0.1) is 0 Å². The molecular weight excluding hydrogens is 130 g/mol. The van der Waals surface area contributed by atoms with Gasteiger partial charge in [-0.15, -0.1) is 0 Å². The Morgan fingerprint density at radius 2 is 2.10 bits per heavy atom. The number of hydrogen-bond acceptors (Lipinski definition) is 3. The zero-order valence-electron chi connectivity index (χ0n) is 5.97. The standard InChI is InChI=1S/C7H13NO2/c9-6-3-7(10)1-4-8-5-2-7/h6,8,10H,1-5H2. The molecule has 0 unspecified atom stereocenters. The molecule has 0 radical (unpaired) electrons. The van der Waals surface area contributed by atoms with Gasteiger partial charge in [-0.2, -0.15) is 0 Å². The minimum atomic E-state index is -0.701. The first-order valence-corrected chi connectivity index (χ1v) is 3.64. The van der Waals surface area contributed by atoms with E-state index < -0.39 is 5.60 Å². The first kappa shape index (κ1) is 7.69. The molecule has 1 rings (SSSR count). The van der Waals surface area contributed by atoms with Crippen molar-refractivity contribution in [3.63, 3.8) is 0 Å². The molecule has 0 bridgehead atoms. The van der Waals surface area contributed by atoms with Crippen LogP contribution in [-0.2, 0) is 4.79 Å². The van der Waals surface area contributed by atoms with Crippen molar-refractivity contribution in [1.82, 2.24) is 5.32 Å². The fourth-order valence-electron chi connectivity index (χ4n) is 1.25. The second kappa shape index (κ2) is 3.12. The average molecular weight is 143 g/mol. The largest absolute Gasteiger partial charge is 0.389 e. The van der Waals surface area contributed by atoms with Gasteiger partial charge < -0.3 is 15.2 Å². The lowest BCUT2D eigenvalue weighted by Gasteiger charge is -2.30. The molecule has 2 N–H and O–H groups in total. The molecule has 0 aliphatic carbocycles. The third-order valence-electron chi connectivity index (χ3n) is 2.00. The molecule has 1 heterocycles. The molecule has 0 saturated carbocycles. The Bertz CT molecular complexity index is 119. The summed E-state index contributed by atoms with van der Waals surface area (Å²) in [5.74, 6) is 0. The van der Waals surface area contributed by atoms with Gasteiger partial charge in [0.25, 0.3) is 0 Å². The second-order valence-corrected chi connectivity index (χ2v) is 2.85. The number of carbonyl (C=O) groups excluding carboxylic acids is 1. The van der Waals surface area contributed by atoms with Crippen LogP contribution in [0.25, 0.3) is 0 Å². The third kappa shape index (κ3) is 1.78.